The molecule has 2 heterocycles. The van der Waals surface area contributed by atoms with Crippen molar-refractivity contribution in [3.8, 4) is 0 Å². The monoisotopic (exact) mass is 289 g/mol. The van der Waals surface area contributed by atoms with Crippen molar-refractivity contribution in [2.75, 3.05) is 6.54 Å². The Bertz CT molecular complexity index is 530. The van der Waals surface area contributed by atoms with Crippen LogP contribution >= 0.6 is 11.3 Å². The fraction of sp³-hybridized carbons (Fsp3) is 0.417. The van der Waals surface area contributed by atoms with Gasteiger partial charge in [0.25, 0.3) is 0 Å². The zero-order chi connectivity index (χ0) is 13.9. The van der Waals surface area contributed by atoms with Crippen LogP contribution in [-0.4, -0.2) is 16.3 Å². The zero-order valence-corrected chi connectivity index (χ0v) is 11.2. The fourth-order valence-corrected chi connectivity index (χ4v) is 2.48. The lowest BCUT2D eigenvalue weighted by molar-refractivity contribution is -0.137. The largest absolute Gasteiger partial charge is 0.419 e. The van der Waals surface area contributed by atoms with Crippen molar-refractivity contribution >= 4 is 11.3 Å². The summed E-state index contributed by atoms with van der Waals surface area (Å²) in [6.07, 6.45) is -2.44. The van der Waals surface area contributed by atoms with Gasteiger partial charge in [-0.3, -0.25) is 4.68 Å². The smallest absolute Gasteiger partial charge is 0.310 e. The minimum absolute atomic E-state index is 0.417. The first-order chi connectivity index (χ1) is 8.95. The minimum atomic E-state index is -4.32. The van der Waals surface area contributed by atoms with Crippen molar-refractivity contribution < 1.29 is 13.2 Å². The van der Waals surface area contributed by atoms with E-state index in [4.69, 9.17) is 0 Å². The summed E-state index contributed by atoms with van der Waals surface area (Å²) in [4.78, 5) is 2.47. The van der Waals surface area contributed by atoms with Gasteiger partial charge in [-0.2, -0.15) is 18.3 Å². The minimum Gasteiger partial charge on any atom is -0.310 e. The standard InChI is InChI=1S/C12H14F3N3S/c1-9-2-3-11(19-9)7-16-4-5-18-8-10(6-17-18)12(13,14)15/h2-3,6,8,16H,4-5,7H2,1H3. The molecule has 0 bridgehead atoms. The van der Waals surface area contributed by atoms with Crippen LogP contribution in [0.25, 0.3) is 0 Å². The molecule has 2 rings (SSSR count). The highest BCUT2D eigenvalue weighted by Crippen LogP contribution is 2.28. The van der Waals surface area contributed by atoms with Crippen LogP contribution in [0.5, 0.6) is 0 Å². The molecule has 7 heteroatoms. The van der Waals surface area contributed by atoms with Crippen molar-refractivity contribution in [3.63, 3.8) is 0 Å². The first kappa shape index (κ1) is 14.1. The third-order valence-corrected chi connectivity index (χ3v) is 3.57. The summed E-state index contributed by atoms with van der Waals surface area (Å²) >= 11 is 1.71. The number of nitrogens with one attached hydrogen (secondary N) is 1. The van der Waals surface area contributed by atoms with E-state index in [0.29, 0.717) is 13.1 Å². The molecule has 0 saturated heterocycles. The second kappa shape index (κ2) is 5.75. The number of hydrogen-bond acceptors (Lipinski definition) is 3. The number of alkyl halides is 3. The van der Waals surface area contributed by atoms with Gasteiger partial charge >= 0.3 is 6.18 Å². The number of nitrogens with zero attached hydrogens (tertiary/aromatic N) is 2. The van der Waals surface area contributed by atoms with Crippen molar-refractivity contribution in [2.45, 2.75) is 26.2 Å². The highest BCUT2D eigenvalue weighted by molar-refractivity contribution is 7.11. The summed E-state index contributed by atoms with van der Waals surface area (Å²) in [5, 5.41) is 6.87. The van der Waals surface area contributed by atoms with E-state index in [2.05, 4.69) is 10.4 Å². The lowest BCUT2D eigenvalue weighted by Crippen LogP contribution is -2.19. The van der Waals surface area contributed by atoms with Crippen molar-refractivity contribution in [2.24, 2.45) is 0 Å². The van der Waals surface area contributed by atoms with E-state index in [1.54, 1.807) is 11.3 Å². The summed E-state index contributed by atoms with van der Waals surface area (Å²) in [5.41, 5.74) is -0.707. The van der Waals surface area contributed by atoms with Crippen molar-refractivity contribution in [3.05, 3.63) is 39.8 Å². The van der Waals surface area contributed by atoms with Gasteiger partial charge in [0.05, 0.1) is 18.3 Å². The number of halogens is 3. The second-order valence-corrected chi connectivity index (χ2v) is 5.55. The van der Waals surface area contributed by atoms with Crippen LogP contribution in [0.2, 0.25) is 0 Å². The molecule has 0 aromatic carbocycles. The molecule has 2 aromatic heterocycles. The predicted molar refractivity (Wildman–Crippen MR) is 68.0 cm³/mol. The van der Waals surface area contributed by atoms with Gasteiger partial charge in [-0.1, -0.05) is 0 Å². The Hall–Kier alpha value is -1.34. The Morgan fingerprint density at radius 2 is 2.16 bits per heavy atom. The lowest BCUT2D eigenvalue weighted by atomic mass is 10.4. The summed E-state index contributed by atoms with van der Waals surface area (Å²) < 4.78 is 38.3. The third-order valence-electron chi connectivity index (χ3n) is 2.57. The van der Waals surface area contributed by atoms with Crippen molar-refractivity contribution in [1.82, 2.24) is 15.1 Å². The molecule has 0 saturated carbocycles. The van der Waals surface area contributed by atoms with Gasteiger partial charge in [-0.05, 0) is 19.1 Å². The van der Waals surface area contributed by atoms with Crippen LogP contribution in [0.15, 0.2) is 24.5 Å². The van der Waals surface area contributed by atoms with Gasteiger partial charge in [0.2, 0.25) is 0 Å². The molecule has 0 fully saturated rings. The molecular weight excluding hydrogens is 275 g/mol. The Labute approximate surface area is 113 Å². The molecule has 19 heavy (non-hydrogen) atoms. The summed E-state index contributed by atoms with van der Waals surface area (Å²) in [6.45, 7) is 3.76. The highest BCUT2D eigenvalue weighted by Gasteiger charge is 2.32. The molecule has 0 radical (unpaired) electrons. The molecule has 0 atom stereocenters. The molecular formula is C12H14F3N3S. The van der Waals surface area contributed by atoms with E-state index in [9.17, 15) is 13.2 Å². The number of aryl methyl sites for hydroxylation is 1. The molecule has 1 N–H and O–H groups in total. The highest BCUT2D eigenvalue weighted by atomic mass is 32.1. The SMILES string of the molecule is Cc1ccc(CNCCn2cc(C(F)(F)F)cn2)s1. The van der Waals surface area contributed by atoms with Crippen LogP contribution in [0.4, 0.5) is 13.2 Å². The van der Waals surface area contributed by atoms with Gasteiger partial charge in [-0.25, -0.2) is 0 Å². The topological polar surface area (TPSA) is 29.9 Å². The first-order valence-electron chi connectivity index (χ1n) is 5.81. The van der Waals surface area contributed by atoms with E-state index in [0.717, 1.165) is 18.9 Å². The van der Waals surface area contributed by atoms with E-state index in [1.165, 1.54) is 14.4 Å². The second-order valence-electron chi connectivity index (χ2n) is 4.18. The predicted octanol–water partition coefficient (Wildman–Crippen LogP) is 3.06. The molecule has 0 amide bonds. The Balaban J connectivity index is 1.75. The van der Waals surface area contributed by atoms with Gasteiger partial charge in [0.1, 0.15) is 0 Å². The van der Waals surface area contributed by atoms with Crippen LogP contribution in [0.3, 0.4) is 0 Å². The maximum Gasteiger partial charge on any atom is 0.419 e. The third kappa shape index (κ3) is 4.07. The molecule has 0 spiro atoms. The first-order valence-corrected chi connectivity index (χ1v) is 6.62. The number of aromatic nitrogens is 2. The average Bonchev–Trinajstić information content (AvgIpc) is 2.93. The van der Waals surface area contributed by atoms with E-state index in [-0.39, 0.29) is 0 Å². The van der Waals surface area contributed by atoms with Gasteiger partial charge in [-0.15, -0.1) is 11.3 Å². The van der Waals surface area contributed by atoms with Crippen LogP contribution in [0, 0.1) is 6.92 Å². The molecule has 2 aromatic rings. The van der Waals surface area contributed by atoms with Crippen LogP contribution in [-0.2, 0) is 19.3 Å². The lowest BCUT2D eigenvalue weighted by Gasteiger charge is -2.04. The summed E-state index contributed by atoms with van der Waals surface area (Å²) in [6, 6.07) is 4.09. The van der Waals surface area contributed by atoms with E-state index < -0.39 is 11.7 Å². The molecule has 104 valence electrons. The quantitative estimate of drug-likeness (QED) is 0.857. The normalized spacial score (nSPS) is 12.0. The number of thiophene rings is 1. The average molecular weight is 289 g/mol. The van der Waals surface area contributed by atoms with Gasteiger partial charge < -0.3 is 5.32 Å². The van der Waals surface area contributed by atoms with Gasteiger partial charge in [0, 0.05) is 29.0 Å². The van der Waals surface area contributed by atoms with Gasteiger partial charge in [0.15, 0.2) is 0 Å². The van der Waals surface area contributed by atoms with E-state index >= 15 is 0 Å². The maximum atomic E-state index is 12.3. The molecule has 0 unspecified atom stereocenters. The van der Waals surface area contributed by atoms with E-state index in [1.807, 2.05) is 19.1 Å². The number of hydrogen-bond donors (Lipinski definition) is 1. The van der Waals surface area contributed by atoms with Crippen molar-refractivity contribution in [1.29, 1.82) is 0 Å². The molecule has 3 nitrogen and oxygen atoms in total. The summed E-state index contributed by atoms with van der Waals surface area (Å²) in [7, 11) is 0. The Kier molecular flexibility index (Phi) is 4.26. The Morgan fingerprint density at radius 1 is 1.37 bits per heavy atom. The molecule has 0 aliphatic rings. The molecule has 0 aliphatic carbocycles. The van der Waals surface area contributed by atoms with Crippen LogP contribution < -0.4 is 5.32 Å². The summed E-state index contributed by atoms with van der Waals surface area (Å²) in [5.74, 6) is 0. The molecule has 0 aliphatic heterocycles. The number of rotatable bonds is 5. The Morgan fingerprint density at radius 3 is 2.74 bits per heavy atom. The van der Waals surface area contributed by atoms with Crippen LogP contribution in [0.1, 0.15) is 15.3 Å². The maximum absolute atomic E-state index is 12.3. The zero-order valence-electron chi connectivity index (χ0n) is 10.4. The fourth-order valence-electron chi connectivity index (χ4n) is 1.62.